The number of benzene rings is 1. The van der Waals surface area contributed by atoms with Crippen molar-refractivity contribution in [3.8, 4) is 0 Å². The Morgan fingerprint density at radius 3 is 2.76 bits per heavy atom. The van der Waals surface area contributed by atoms with Gasteiger partial charge in [-0.15, -0.1) is 0 Å². The number of pyridine rings is 1. The largest absolute Gasteiger partial charge is 0.460 e. The van der Waals surface area contributed by atoms with Crippen LogP contribution < -0.4 is 0 Å². The molecule has 0 N–H and O–H groups in total. The Morgan fingerprint density at radius 2 is 2.00 bits per heavy atom. The van der Waals surface area contributed by atoms with Crippen LogP contribution in [0.2, 0.25) is 0 Å². The highest BCUT2D eigenvalue weighted by molar-refractivity contribution is 6.42. The maximum atomic E-state index is 11.8. The van der Waals surface area contributed by atoms with Crippen molar-refractivity contribution in [1.82, 2.24) is 4.98 Å². The van der Waals surface area contributed by atoms with Gasteiger partial charge in [-0.3, -0.25) is 9.78 Å². The predicted molar refractivity (Wildman–Crippen MR) is 62.7 cm³/mol. The molecule has 1 heterocycles. The fourth-order valence-electron chi connectivity index (χ4n) is 1.60. The second kappa shape index (κ2) is 4.74. The minimum absolute atomic E-state index is 0.188. The van der Waals surface area contributed by atoms with Crippen LogP contribution in [0.3, 0.4) is 0 Å². The van der Waals surface area contributed by atoms with E-state index in [2.05, 4.69) is 4.98 Å². The molecule has 0 radical (unpaired) electrons. The molecule has 0 spiro atoms. The van der Waals surface area contributed by atoms with Crippen molar-refractivity contribution in [3.05, 3.63) is 42.1 Å². The maximum Gasteiger partial charge on any atom is 0.379 e. The van der Waals surface area contributed by atoms with Crippen LogP contribution in [-0.4, -0.2) is 23.3 Å². The number of esters is 1. The highest BCUT2D eigenvalue weighted by Crippen LogP contribution is 2.16. The number of Topliss-reactive ketones (excluding diaryl/α,β-unsaturated/α-hetero) is 1. The van der Waals surface area contributed by atoms with Crippen LogP contribution in [0.4, 0.5) is 0 Å². The minimum Gasteiger partial charge on any atom is -0.460 e. The molecule has 0 bridgehead atoms. The summed E-state index contributed by atoms with van der Waals surface area (Å²) in [7, 11) is 0. The number of ketones is 1. The van der Waals surface area contributed by atoms with E-state index in [0.717, 1.165) is 0 Å². The number of para-hydroxylation sites is 1. The van der Waals surface area contributed by atoms with Gasteiger partial charge in [-0.2, -0.15) is 0 Å². The molecule has 0 aliphatic rings. The third-order valence-corrected chi connectivity index (χ3v) is 2.35. The summed E-state index contributed by atoms with van der Waals surface area (Å²) in [5.74, 6) is -1.46. The van der Waals surface area contributed by atoms with Crippen LogP contribution in [0.1, 0.15) is 17.3 Å². The normalized spacial score (nSPS) is 10.2. The lowest BCUT2D eigenvalue weighted by Gasteiger charge is -2.04. The first kappa shape index (κ1) is 11.3. The number of ether oxygens (including phenoxy) is 1. The molecule has 17 heavy (non-hydrogen) atoms. The third-order valence-electron chi connectivity index (χ3n) is 2.35. The van der Waals surface area contributed by atoms with E-state index in [9.17, 15) is 9.59 Å². The lowest BCUT2D eigenvalue weighted by atomic mass is 10.1. The summed E-state index contributed by atoms with van der Waals surface area (Å²) in [4.78, 5) is 27.4. The van der Waals surface area contributed by atoms with Gasteiger partial charge >= 0.3 is 5.97 Å². The van der Waals surface area contributed by atoms with Gasteiger partial charge in [0.05, 0.1) is 12.1 Å². The highest BCUT2D eigenvalue weighted by atomic mass is 16.5. The van der Waals surface area contributed by atoms with E-state index < -0.39 is 11.8 Å². The van der Waals surface area contributed by atoms with Gasteiger partial charge in [0, 0.05) is 17.1 Å². The molecule has 0 saturated heterocycles. The van der Waals surface area contributed by atoms with E-state index in [-0.39, 0.29) is 6.61 Å². The molecule has 0 amide bonds. The second-order valence-electron chi connectivity index (χ2n) is 3.43. The van der Waals surface area contributed by atoms with Crippen molar-refractivity contribution >= 4 is 22.7 Å². The topological polar surface area (TPSA) is 56.3 Å². The molecule has 0 fully saturated rings. The molecule has 0 unspecified atom stereocenters. The molecule has 0 saturated carbocycles. The van der Waals surface area contributed by atoms with Crippen LogP contribution in [-0.2, 0) is 9.53 Å². The van der Waals surface area contributed by atoms with Crippen molar-refractivity contribution in [2.75, 3.05) is 6.61 Å². The molecule has 4 nitrogen and oxygen atoms in total. The monoisotopic (exact) mass is 229 g/mol. The van der Waals surface area contributed by atoms with E-state index in [1.807, 2.05) is 6.07 Å². The van der Waals surface area contributed by atoms with Gasteiger partial charge in [0.15, 0.2) is 0 Å². The van der Waals surface area contributed by atoms with Gasteiger partial charge in [-0.25, -0.2) is 4.79 Å². The standard InChI is InChI=1S/C13H11NO3/c1-2-17-13(16)12(15)10-7-8-14-11-6-4-3-5-9(10)11/h3-8H,2H2,1H3. The van der Waals surface area contributed by atoms with E-state index >= 15 is 0 Å². The van der Waals surface area contributed by atoms with Crippen LogP contribution in [0, 0.1) is 0 Å². The third kappa shape index (κ3) is 2.15. The average Bonchev–Trinajstić information content (AvgIpc) is 2.37. The Labute approximate surface area is 98.2 Å². The first-order valence-corrected chi connectivity index (χ1v) is 5.29. The quantitative estimate of drug-likeness (QED) is 0.458. The number of rotatable bonds is 3. The Morgan fingerprint density at radius 1 is 1.24 bits per heavy atom. The number of carbonyl (C=O) groups is 2. The zero-order valence-corrected chi connectivity index (χ0v) is 9.34. The fourth-order valence-corrected chi connectivity index (χ4v) is 1.60. The van der Waals surface area contributed by atoms with E-state index in [1.54, 1.807) is 25.1 Å². The summed E-state index contributed by atoms with van der Waals surface area (Å²) in [6.07, 6.45) is 1.51. The molecule has 0 aliphatic carbocycles. The van der Waals surface area contributed by atoms with Gasteiger partial charge in [0.1, 0.15) is 0 Å². The van der Waals surface area contributed by atoms with Crippen LogP contribution in [0.5, 0.6) is 0 Å². The number of hydrogen-bond acceptors (Lipinski definition) is 4. The van der Waals surface area contributed by atoms with Gasteiger partial charge in [0.2, 0.25) is 0 Å². The van der Waals surface area contributed by atoms with E-state index in [4.69, 9.17) is 4.74 Å². The Bertz CT molecular complexity index is 572. The zero-order chi connectivity index (χ0) is 12.3. The molecule has 4 heteroatoms. The molecule has 2 rings (SSSR count). The molecule has 86 valence electrons. The SMILES string of the molecule is CCOC(=O)C(=O)c1ccnc2ccccc12. The van der Waals surface area contributed by atoms with Crippen molar-refractivity contribution in [2.24, 2.45) is 0 Å². The van der Waals surface area contributed by atoms with Crippen molar-refractivity contribution in [1.29, 1.82) is 0 Å². The highest BCUT2D eigenvalue weighted by Gasteiger charge is 2.19. The molecule has 0 atom stereocenters. The van der Waals surface area contributed by atoms with Crippen molar-refractivity contribution < 1.29 is 14.3 Å². The zero-order valence-electron chi connectivity index (χ0n) is 9.34. The summed E-state index contributed by atoms with van der Waals surface area (Å²) >= 11 is 0. The minimum atomic E-state index is -0.830. The fraction of sp³-hybridized carbons (Fsp3) is 0.154. The molecular weight excluding hydrogens is 218 g/mol. The second-order valence-corrected chi connectivity index (χ2v) is 3.43. The Balaban J connectivity index is 2.48. The van der Waals surface area contributed by atoms with Gasteiger partial charge in [0.25, 0.3) is 5.78 Å². The van der Waals surface area contributed by atoms with E-state index in [0.29, 0.717) is 16.5 Å². The first-order chi connectivity index (χ1) is 8.24. The predicted octanol–water partition coefficient (Wildman–Crippen LogP) is 1.98. The van der Waals surface area contributed by atoms with Gasteiger partial charge in [-0.05, 0) is 19.1 Å². The number of carbonyl (C=O) groups excluding carboxylic acids is 2. The molecule has 1 aromatic heterocycles. The molecular formula is C13H11NO3. The van der Waals surface area contributed by atoms with Crippen LogP contribution in [0.15, 0.2) is 36.5 Å². The average molecular weight is 229 g/mol. The number of hydrogen-bond donors (Lipinski definition) is 0. The molecule has 2 aromatic rings. The lowest BCUT2D eigenvalue weighted by Crippen LogP contribution is -2.17. The van der Waals surface area contributed by atoms with Gasteiger partial charge < -0.3 is 4.74 Å². The number of fused-ring (bicyclic) bond motifs is 1. The van der Waals surface area contributed by atoms with Crippen LogP contribution in [0.25, 0.3) is 10.9 Å². The number of aromatic nitrogens is 1. The smallest absolute Gasteiger partial charge is 0.379 e. The van der Waals surface area contributed by atoms with Gasteiger partial charge in [-0.1, -0.05) is 18.2 Å². The lowest BCUT2D eigenvalue weighted by molar-refractivity contribution is -0.137. The van der Waals surface area contributed by atoms with Crippen LogP contribution >= 0.6 is 0 Å². The summed E-state index contributed by atoms with van der Waals surface area (Å²) in [5, 5.41) is 0.660. The summed E-state index contributed by atoms with van der Waals surface area (Å²) < 4.78 is 4.70. The number of nitrogens with zero attached hydrogens (tertiary/aromatic N) is 1. The summed E-state index contributed by atoms with van der Waals surface area (Å²) in [6.45, 7) is 1.85. The van der Waals surface area contributed by atoms with E-state index in [1.165, 1.54) is 12.3 Å². The van der Waals surface area contributed by atoms with Crippen molar-refractivity contribution in [2.45, 2.75) is 6.92 Å². The Kier molecular flexibility index (Phi) is 3.14. The Hall–Kier alpha value is -2.23. The van der Waals surface area contributed by atoms with Crippen molar-refractivity contribution in [3.63, 3.8) is 0 Å². The maximum absolute atomic E-state index is 11.8. The summed E-state index contributed by atoms with van der Waals surface area (Å²) in [5.41, 5.74) is 1.01. The molecule has 0 aliphatic heterocycles. The summed E-state index contributed by atoms with van der Waals surface area (Å²) in [6, 6.07) is 8.70. The first-order valence-electron chi connectivity index (χ1n) is 5.29. The molecule has 1 aromatic carbocycles.